The van der Waals surface area contributed by atoms with Gasteiger partial charge in [-0.05, 0) is 24.3 Å². The van der Waals surface area contributed by atoms with Gasteiger partial charge in [0.2, 0.25) is 5.91 Å². The van der Waals surface area contributed by atoms with Gasteiger partial charge in [0.15, 0.2) is 0 Å². The van der Waals surface area contributed by atoms with Crippen LogP contribution in [0.4, 0.5) is 0 Å². The highest BCUT2D eigenvalue weighted by atomic mass is 32.1. The topological polar surface area (TPSA) is 51.3 Å². The molecule has 4 nitrogen and oxygen atoms in total. The minimum Gasteiger partial charge on any atom is -0.389 e. The highest BCUT2D eigenvalue weighted by Gasteiger charge is 2.07. The summed E-state index contributed by atoms with van der Waals surface area (Å²) in [5.41, 5.74) is 7.57. The van der Waals surface area contributed by atoms with Crippen molar-refractivity contribution >= 4 is 34.0 Å². The van der Waals surface area contributed by atoms with Gasteiger partial charge in [-0.25, -0.2) is 0 Å². The van der Waals surface area contributed by atoms with Crippen LogP contribution < -0.4 is 5.73 Å². The van der Waals surface area contributed by atoms with E-state index in [1.807, 2.05) is 30.5 Å². The zero-order chi connectivity index (χ0) is 14.0. The van der Waals surface area contributed by atoms with E-state index in [1.54, 1.807) is 19.0 Å². The van der Waals surface area contributed by atoms with Crippen molar-refractivity contribution in [3.8, 4) is 0 Å². The number of thiocarbonyl (C=S) groups is 1. The molecule has 0 fully saturated rings. The van der Waals surface area contributed by atoms with Crippen LogP contribution in [0.15, 0.2) is 30.5 Å². The van der Waals surface area contributed by atoms with Crippen LogP contribution in [0.1, 0.15) is 12.0 Å². The maximum atomic E-state index is 11.6. The fraction of sp³-hybridized carbons (Fsp3) is 0.286. The Bertz CT molecular complexity index is 631. The van der Waals surface area contributed by atoms with Gasteiger partial charge >= 0.3 is 0 Å². The highest BCUT2D eigenvalue weighted by Crippen LogP contribution is 2.18. The van der Waals surface area contributed by atoms with E-state index in [0.717, 1.165) is 16.5 Å². The Kier molecular flexibility index (Phi) is 3.85. The molecule has 1 aromatic carbocycles. The summed E-state index contributed by atoms with van der Waals surface area (Å²) in [5, 5.41) is 1.09. The molecule has 0 aliphatic carbocycles. The summed E-state index contributed by atoms with van der Waals surface area (Å²) in [6.45, 7) is 0.674. The van der Waals surface area contributed by atoms with Gasteiger partial charge in [0.1, 0.15) is 4.99 Å². The number of hydrogen-bond donors (Lipinski definition) is 1. The average molecular weight is 275 g/mol. The maximum absolute atomic E-state index is 11.6. The van der Waals surface area contributed by atoms with E-state index in [0.29, 0.717) is 18.0 Å². The van der Waals surface area contributed by atoms with E-state index in [9.17, 15) is 4.79 Å². The standard InChI is InChI=1S/C14H17N3OS/c1-16(2)13(18)6-8-17-7-5-10-9-11(14(15)19)3-4-12(10)17/h3-5,7,9H,6,8H2,1-2H3,(H2,15,19). The minimum atomic E-state index is 0.126. The Hall–Kier alpha value is -1.88. The SMILES string of the molecule is CN(C)C(=O)CCn1ccc2cc(C(N)=S)ccc21. The Morgan fingerprint density at radius 3 is 2.74 bits per heavy atom. The number of aromatic nitrogens is 1. The van der Waals surface area contributed by atoms with Crippen molar-refractivity contribution in [2.45, 2.75) is 13.0 Å². The Morgan fingerprint density at radius 1 is 1.37 bits per heavy atom. The molecule has 0 bridgehead atoms. The first-order valence-corrected chi connectivity index (χ1v) is 6.48. The van der Waals surface area contributed by atoms with Gasteiger partial charge in [-0.3, -0.25) is 4.79 Å². The van der Waals surface area contributed by atoms with E-state index in [4.69, 9.17) is 18.0 Å². The van der Waals surface area contributed by atoms with Crippen LogP contribution in [0.3, 0.4) is 0 Å². The summed E-state index contributed by atoms with van der Waals surface area (Å²) in [7, 11) is 3.54. The third-order valence-corrected chi connectivity index (χ3v) is 3.36. The molecule has 2 rings (SSSR count). The molecule has 1 heterocycles. The Balaban J connectivity index is 2.21. The molecule has 1 amide bonds. The molecule has 0 atom stereocenters. The second-order valence-electron chi connectivity index (χ2n) is 4.69. The Morgan fingerprint density at radius 2 is 2.11 bits per heavy atom. The first-order valence-electron chi connectivity index (χ1n) is 6.08. The third kappa shape index (κ3) is 2.93. The molecule has 0 saturated carbocycles. The number of aryl methyl sites for hydroxylation is 1. The van der Waals surface area contributed by atoms with Gasteiger partial charge in [-0.2, -0.15) is 0 Å². The fourth-order valence-electron chi connectivity index (χ4n) is 1.99. The molecule has 2 aromatic rings. The lowest BCUT2D eigenvalue weighted by Crippen LogP contribution is -2.22. The van der Waals surface area contributed by atoms with Gasteiger partial charge in [-0.1, -0.05) is 12.2 Å². The summed E-state index contributed by atoms with van der Waals surface area (Å²) in [6.07, 6.45) is 2.48. The third-order valence-electron chi connectivity index (χ3n) is 3.12. The number of nitrogens with zero attached hydrogens (tertiary/aromatic N) is 2. The van der Waals surface area contributed by atoms with Crippen molar-refractivity contribution in [2.75, 3.05) is 14.1 Å². The smallest absolute Gasteiger partial charge is 0.223 e. The van der Waals surface area contributed by atoms with Crippen molar-refractivity contribution in [1.82, 2.24) is 9.47 Å². The van der Waals surface area contributed by atoms with Gasteiger partial charge < -0.3 is 15.2 Å². The number of fused-ring (bicyclic) bond motifs is 1. The highest BCUT2D eigenvalue weighted by molar-refractivity contribution is 7.80. The van der Waals surface area contributed by atoms with Crippen LogP contribution in [0.5, 0.6) is 0 Å². The zero-order valence-electron chi connectivity index (χ0n) is 11.1. The van der Waals surface area contributed by atoms with E-state index in [1.165, 1.54) is 0 Å². The number of benzene rings is 1. The molecule has 0 aliphatic heterocycles. The molecule has 0 unspecified atom stereocenters. The second kappa shape index (κ2) is 5.40. The lowest BCUT2D eigenvalue weighted by Gasteiger charge is -2.11. The molecule has 100 valence electrons. The fourth-order valence-corrected chi connectivity index (χ4v) is 2.12. The first-order chi connectivity index (χ1) is 8.99. The zero-order valence-corrected chi connectivity index (χ0v) is 11.9. The minimum absolute atomic E-state index is 0.126. The van der Waals surface area contributed by atoms with Gasteiger partial charge in [-0.15, -0.1) is 0 Å². The van der Waals surface area contributed by atoms with Crippen LogP contribution in [0.25, 0.3) is 10.9 Å². The Labute approximate surface area is 117 Å². The molecule has 0 spiro atoms. The van der Waals surface area contributed by atoms with Crippen molar-refractivity contribution in [2.24, 2.45) is 5.73 Å². The quantitative estimate of drug-likeness (QED) is 0.865. The lowest BCUT2D eigenvalue weighted by molar-refractivity contribution is -0.128. The molecule has 1 aromatic heterocycles. The molecular formula is C14H17N3OS. The summed E-state index contributed by atoms with van der Waals surface area (Å²) in [6, 6.07) is 7.89. The lowest BCUT2D eigenvalue weighted by atomic mass is 10.1. The van der Waals surface area contributed by atoms with Crippen LogP contribution >= 0.6 is 12.2 Å². The number of nitrogens with two attached hydrogens (primary N) is 1. The van der Waals surface area contributed by atoms with E-state index in [-0.39, 0.29) is 5.91 Å². The van der Waals surface area contributed by atoms with Crippen LogP contribution in [0.2, 0.25) is 0 Å². The van der Waals surface area contributed by atoms with Gasteiger partial charge in [0, 0.05) is 49.7 Å². The van der Waals surface area contributed by atoms with Crippen LogP contribution in [-0.2, 0) is 11.3 Å². The normalized spacial score (nSPS) is 10.6. The number of carbonyl (C=O) groups excluding carboxylic acids is 1. The van der Waals surface area contributed by atoms with Crippen molar-refractivity contribution in [3.63, 3.8) is 0 Å². The van der Waals surface area contributed by atoms with Gasteiger partial charge in [0.05, 0.1) is 0 Å². The molecule has 0 aliphatic rings. The average Bonchev–Trinajstić information content (AvgIpc) is 2.77. The van der Waals surface area contributed by atoms with Crippen LogP contribution in [-0.4, -0.2) is 34.5 Å². The summed E-state index contributed by atoms with van der Waals surface area (Å²) < 4.78 is 2.07. The summed E-state index contributed by atoms with van der Waals surface area (Å²) >= 11 is 4.97. The molecule has 5 heteroatoms. The van der Waals surface area contributed by atoms with E-state index in [2.05, 4.69) is 4.57 Å². The van der Waals surface area contributed by atoms with E-state index >= 15 is 0 Å². The molecule has 0 radical (unpaired) electrons. The van der Waals surface area contributed by atoms with Crippen molar-refractivity contribution in [3.05, 3.63) is 36.0 Å². The summed E-state index contributed by atoms with van der Waals surface area (Å²) in [5.74, 6) is 0.126. The largest absolute Gasteiger partial charge is 0.389 e. The molecule has 0 saturated heterocycles. The number of amides is 1. The first kappa shape index (κ1) is 13.5. The van der Waals surface area contributed by atoms with Crippen molar-refractivity contribution in [1.29, 1.82) is 0 Å². The molecule has 2 N–H and O–H groups in total. The maximum Gasteiger partial charge on any atom is 0.223 e. The van der Waals surface area contributed by atoms with Gasteiger partial charge in [0.25, 0.3) is 0 Å². The molecular weight excluding hydrogens is 258 g/mol. The summed E-state index contributed by atoms with van der Waals surface area (Å²) in [4.78, 5) is 13.6. The van der Waals surface area contributed by atoms with E-state index < -0.39 is 0 Å². The number of rotatable bonds is 4. The monoisotopic (exact) mass is 275 g/mol. The second-order valence-corrected chi connectivity index (χ2v) is 5.12. The van der Waals surface area contributed by atoms with Crippen LogP contribution in [0, 0.1) is 0 Å². The number of carbonyl (C=O) groups is 1. The van der Waals surface area contributed by atoms with Crippen molar-refractivity contribution < 1.29 is 4.79 Å². The molecule has 19 heavy (non-hydrogen) atoms. The number of hydrogen-bond acceptors (Lipinski definition) is 2. The predicted octanol–water partition coefficient (Wildman–Crippen LogP) is 1.75. The predicted molar refractivity (Wildman–Crippen MR) is 81.1 cm³/mol.